The van der Waals surface area contributed by atoms with Gasteiger partial charge in [0.1, 0.15) is 5.69 Å². The maximum absolute atomic E-state index is 12.0. The van der Waals surface area contributed by atoms with Crippen molar-refractivity contribution in [3.8, 4) is 0 Å². The van der Waals surface area contributed by atoms with E-state index in [0.29, 0.717) is 5.92 Å². The first kappa shape index (κ1) is 12.5. The molecule has 1 aromatic rings. The van der Waals surface area contributed by atoms with Gasteiger partial charge >= 0.3 is 5.97 Å². The monoisotopic (exact) mass is 248 g/mol. The molecule has 1 fully saturated rings. The summed E-state index contributed by atoms with van der Waals surface area (Å²) in [7, 11) is 0. The van der Waals surface area contributed by atoms with Gasteiger partial charge in [-0.1, -0.05) is 0 Å². The number of carboxylic acids is 1. The van der Waals surface area contributed by atoms with Crippen LogP contribution in [0, 0.1) is 5.92 Å². The van der Waals surface area contributed by atoms with E-state index in [0.717, 1.165) is 12.8 Å². The van der Waals surface area contributed by atoms with E-state index in [1.54, 1.807) is 0 Å². The molecule has 2 N–H and O–H groups in total. The SMILES string of the molecule is CC(C)(NC(=O)c1ccc(C(=O)O)cn1)C1CC1. The van der Waals surface area contributed by atoms with Gasteiger partial charge in [-0.05, 0) is 44.7 Å². The van der Waals surface area contributed by atoms with E-state index in [4.69, 9.17) is 5.11 Å². The fraction of sp³-hybridized carbons (Fsp3) is 0.462. The zero-order valence-corrected chi connectivity index (χ0v) is 10.4. The van der Waals surface area contributed by atoms with Crippen LogP contribution in [0.25, 0.3) is 0 Å². The number of nitrogens with one attached hydrogen (secondary N) is 1. The summed E-state index contributed by atoms with van der Waals surface area (Å²) in [6.45, 7) is 3.99. The molecule has 5 heteroatoms. The first-order chi connectivity index (χ1) is 8.40. The van der Waals surface area contributed by atoms with Crippen molar-refractivity contribution in [2.24, 2.45) is 5.92 Å². The maximum atomic E-state index is 12.0. The standard InChI is InChI=1S/C13H16N2O3/c1-13(2,9-4-5-9)15-11(16)10-6-3-8(7-14-10)12(17)18/h3,6-7,9H,4-5H2,1-2H3,(H,15,16)(H,17,18). The lowest BCUT2D eigenvalue weighted by Gasteiger charge is -2.25. The van der Waals surface area contributed by atoms with Crippen LogP contribution in [-0.2, 0) is 0 Å². The van der Waals surface area contributed by atoms with Crippen LogP contribution in [0.4, 0.5) is 0 Å². The number of carboxylic acid groups (broad SMARTS) is 1. The summed E-state index contributed by atoms with van der Waals surface area (Å²) in [5, 5.41) is 11.7. The fourth-order valence-electron chi connectivity index (χ4n) is 1.92. The number of rotatable bonds is 4. The van der Waals surface area contributed by atoms with Crippen LogP contribution in [0.1, 0.15) is 47.5 Å². The number of carbonyl (C=O) groups is 2. The Morgan fingerprint density at radius 2 is 2.06 bits per heavy atom. The lowest BCUT2D eigenvalue weighted by molar-refractivity contribution is 0.0695. The van der Waals surface area contributed by atoms with Crippen LogP contribution >= 0.6 is 0 Å². The minimum Gasteiger partial charge on any atom is -0.478 e. The van der Waals surface area contributed by atoms with Gasteiger partial charge in [0.2, 0.25) is 0 Å². The number of amides is 1. The van der Waals surface area contributed by atoms with E-state index in [9.17, 15) is 9.59 Å². The lowest BCUT2D eigenvalue weighted by atomic mass is 9.98. The molecule has 1 aromatic heterocycles. The van der Waals surface area contributed by atoms with E-state index >= 15 is 0 Å². The van der Waals surface area contributed by atoms with Crippen LogP contribution < -0.4 is 5.32 Å². The van der Waals surface area contributed by atoms with Gasteiger partial charge in [-0.3, -0.25) is 9.78 Å². The third kappa shape index (κ3) is 2.67. The molecule has 1 aliphatic carbocycles. The molecule has 5 nitrogen and oxygen atoms in total. The van der Waals surface area contributed by atoms with Gasteiger partial charge in [-0.15, -0.1) is 0 Å². The highest BCUT2D eigenvalue weighted by Gasteiger charge is 2.38. The van der Waals surface area contributed by atoms with E-state index < -0.39 is 5.97 Å². The zero-order chi connectivity index (χ0) is 13.3. The Morgan fingerprint density at radius 3 is 2.50 bits per heavy atom. The summed E-state index contributed by atoms with van der Waals surface area (Å²) in [6.07, 6.45) is 3.47. The highest BCUT2D eigenvalue weighted by atomic mass is 16.4. The van der Waals surface area contributed by atoms with E-state index in [-0.39, 0.29) is 22.7 Å². The summed E-state index contributed by atoms with van der Waals surface area (Å²) in [5.41, 5.74) is 0.0891. The molecule has 0 spiro atoms. The molecule has 2 rings (SSSR count). The molecule has 0 bridgehead atoms. The number of aromatic nitrogens is 1. The number of hydrogen-bond donors (Lipinski definition) is 2. The van der Waals surface area contributed by atoms with Gasteiger partial charge in [0.25, 0.3) is 5.91 Å². The van der Waals surface area contributed by atoms with Crippen molar-refractivity contribution >= 4 is 11.9 Å². The quantitative estimate of drug-likeness (QED) is 0.850. The normalized spacial score (nSPS) is 15.2. The van der Waals surface area contributed by atoms with Crippen LogP contribution in [0.5, 0.6) is 0 Å². The molecule has 1 saturated carbocycles. The predicted octanol–water partition coefficient (Wildman–Crippen LogP) is 1.70. The molecule has 0 radical (unpaired) electrons. The van der Waals surface area contributed by atoms with Crippen molar-refractivity contribution in [1.29, 1.82) is 0 Å². The Balaban J connectivity index is 2.06. The van der Waals surface area contributed by atoms with Crippen molar-refractivity contribution < 1.29 is 14.7 Å². The topological polar surface area (TPSA) is 79.3 Å². The molecule has 18 heavy (non-hydrogen) atoms. The highest BCUT2D eigenvalue weighted by Crippen LogP contribution is 2.39. The molecule has 1 aliphatic rings. The summed E-state index contributed by atoms with van der Waals surface area (Å²) in [4.78, 5) is 26.5. The van der Waals surface area contributed by atoms with E-state index in [1.807, 2.05) is 13.8 Å². The van der Waals surface area contributed by atoms with Gasteiger partial charge < -0.3 is 10.4 Å². The third-order valence-corrected chi connectivity index (χ3v) is 3.28. The average Bonchev–Trinajstić information content (AvgIpc) is 3.12. The van der Waals surface area contributed by atoms with Gasteiger partial charge in [0, 0.05) is 11.7 Å². The van der Waals surface area contributed by atoms with E-state index in [2.05, 4.69) is 10.3 Å². The van der Waals surface area contributed by atoms with E-state index in [1.165, 1.54) is 18.3 Å². The van der Waals surface area contributed by atoms with Crippen molar-refractivity contribution in [2.75, 3.05) is 0 Å². The Kier molecular flexibility index (Phi) is 3.07. The highest BCUT2D eigenvalue weighted by molar-refractivity contribution is 5.94. The minimum absolute atomic E-state index is 0.0769. The van der Waals surface area contributed by atoms with Crippen molar-refractivity contribution in [2.45, 2.75) is 32.2 Å². The Morgan fingerprint density at radius 1 is 1.39 bits per heavy atom. The largest absolute Gasteiger partial charge is 0.478 e. The number of carbonyl (C=O) groups excluding carboxylic acids is 1. The summed E-state index contributed by atoms with van der Waals surface area (Å²) in [5.74, 6) is -0.781. The smallest absolute Gasteiger partial charge is 0.337 e. The number of pyridine rings is 1. The van der Waals surface area contributed by atoms with Crippen molar-refractivity contribution in [3.63, 3.8) is 0 Å². The maximum Gasteiger partial charge on any atom is 0.337 e. The summed E-state index contributed by atoms with van der Waals surface area (Å²) < 4.78 is 0. The second-order valence-corrected chi connectivity index (χ2v) is 5.19. The van der Waals surface area contributed by atoms with Gasteiger partial charge in [0.15, 0.2) is 0 Å². The first-order valence-corrected chi connectivity index (χ1v) is 5.92. The molecule has 0 unspecified atom stereocenters. The number of nitrogens with zero attached hydrogens (tertiary/aromatic N) is 1. The Bertz CT molecular complexity index is 476. The van der Waals surface area contributed by atoms with Crippen molar-refractivity contribution in [1.82, 2.24) is 10.3 Å². The van der Waals surface area contributed by atoms with Crippen LogP contribution in [0.3, 0.4) is 0 Å². The van der Waals surface area contributed by atoms with Crippen LogP contribution in [0.15, 0.2) is 18.3 Å². The lowest BCUT2D eigenvalue weighted by Crippen LogP contribution is -2.45. The van der Waals surface area contributed by atoms with Gasteiger partial charge in [-0.25, -0.2) is 4.79 Å². The van der Waals surface area contributed by atoms with Crippen LogP contribution in [0.2, 0.25) is 0 Å². The molecule has 1 amide bonds. The molecule has 0 aliphatic heterocycles. The number of aromatic carboxylic acids is 1. The molecule has 0 atom stereocenters. The second kappa shape index (κ2) is 4.40. The average molecular weight is 248 g/mol. The first-order valence-electron chi connectivity index (χ1n) is 5.92. The Labute approximate surface area is 105 Å². The predicted molar refractivity (Wildman–Crippen MR) is 65.5 cm³/mol. The molecule has 96 valence electrons. The van der Waals surface area contributed by atoms with Crippen LogP contribution in [-0.4, -0.2) is 27.5 Å². The summed E-state index contributed by atoms with van der Waals surface area (Å²) in [6, 6.07) is 2.82. The zero-order valence-electron chi connectivity index (χ0n) is 10.4. The molecule has 0 aromatic carbocycles. The fourth-order valence-corrected chi connectivity index (χ4v) is 1.92. The molecule has 0 saturated heterocycles. The minimum atomic E-state index is -1.05. The molecular formula is C13H16N2O3. The molecule has 1 heterocycles. The number of hydrogen-bond acceptors (Lipinski definition) is 3. The third-order valence-electron chi connectivity index (χ3n) is 3.28. The summed E-state index contributed by atoms with van der Waals surface area (Å²) >= 11 is 0. The van der Waals surface area contributed by atoms with Gasteiger partial charge in [0.05, 0.1) is 5.56 Å². The van der Waals surface area contributed by atoms with Gasteiger partial charge in [-0.2, -0.15) is 0 Å². The van der Waals surface area contributed by atoms with Crippen molar-refractivity contribution in [3.05, 3.63) is 29.6 Å². The second-order valence-electron chi connectivity index (χ2n) is 5.19. The Hall–Kier alpha value is -1.91. The molecular weight excluding hydrogens is 232 g/mol.